The van der Waals surface area contributed by atoms with E-state index in [-0.39, 0.29) is 17.2 Å². The monoisotopic (exact) mass is 283 g/mol. The molecule has 0 bridgehead atoms. The molecule has 21 heavy (non-hydrogen) atoms. The van der Waals surface area contributed by atoms with E-state index in [0.717, 1.165) is 0 Å². The lowest BCUT2D eigenvalue weighted by molar-refractivity contribution is 0.629. The maximum Gasteiger partial charge on any atom is 0.165 e. The molecule has 0 saturated carbocycles. The Bertz CT molecular complexity index is 739. The van der Waals surface area contributed by atoms with Gasteiger partial charge in [0.2, 0.25) is 0 Å². The van der Waals surface area contributed by atoms with Crippen LogP contribution >= 0.6 is 0 Å². The molecule has 0 saturated heterocycles. The van der Waals surface area contributed by atoms with E-state index in [1.165, 1.54) is 18.2 Å². The normalized spacial score (nSPS) is 10.6. The second kappa shape index (κ2) is 5.28. The summed E-state index contributed by atoms with van der Waals surface area (Å²) in [4.78, 5) is 8.25. The number of aromatic nitrogens is 2. The highest BCUT2D eigenvalue weighted by Crippen LogP contribution is 2.26. The van der Waals surface area contributed by atoms with Crippen molar-refractivity contribution in [2.45, 2.75) is 0 Å². The molecule has 3 nitrogen and oxygen atoms in total. The Labute approximate surface area is 120 Å². The number of hydrogen-bond acceptors (Lipinski definition) is 3. The summed E-state index contributed by atoms with van der Waals surface area (Å²) >= 11 is 0. The summed E-state index contributed by atoms with van der Waals surface area (Å²) < 4.78 is 27.7. The summed E-state index contributed by atoms with van der Waals surface area (Å²) in [5.41, 5.74) is 6.58. The largest absolute Gasteiger partial charge is 0.384 e. The molecule has 0 aliphatic carbocycles. The molecule has 1 aromatic heterocycles. The van der Waals surface area contributed by atoms with Gasteiger partial charge >= 0.3 is 0 Å². The van der Waals surface area contributed by atoms with Crippen LogP contribution in [0.25, 0.3) is 22.6 Å². The molecule has 5 heteroatoms. The first kappa shape index (κ1) is 13.2. The predicted molar refractivity (Wildman–Crippen MR) is 77.2 cm³/mol. The molecule has 0 aliphatic rings. The average molecular weight is 283 g/mol. The summed E-state index contributed by atoms with van der Waals surface area (Å²) in [6, 6.07) is 13.8. The molecule has 0 aliphatic heterocycles. The first-order valence-electron chi connectivity index (χ1n) is 6.29. The van der Waals surface area contributed by atoms with E-state index in [1.54, 1.807) is 36.4 Å². The van der Waals surface area contributed by atoms with Crippen LogP contribution in [0.1, 0.15) is 0 Å². The summed E-state index contributed by atoms with van der Waals surface area (Å²) in [6.07, 6.45) is 0. The van der Waals surface area contributed by atoms with E-state index in [1.807, 2.05) is 0 Å². The van der Waals surface area contributed by atoms with E-state index in [4.69, 9.17) is 5.73 Å². The number of nitrogens with zero attached hydrogens (tertiary/aromatic N) is 2. The molecule has 0 radical (unpaired) electrons. The second-order valence-electron chi connectivity index (χ2n) is 4.46. The fourth-order valence-corrected chi connectivity index (χ4v) is 2.04. The predicted octanol–water partition coefficient (Wildman–Crippen LogP) is 3.67. The van der Waals surface area contributed by atoms with Crippen molar-refractivity contribution >= 4 is 5.82 Å². The zero-order valence-corrected chi connectivity index (χ0v) is 10.9. The number of benzene rings is 2. The molecule has 1 heterocycles. The van der Waals surface area contributed by atoms with Crippen molar-refractivity contribution in [2.24, 2.45) is 0 Å². The van der Waals surface area contributed by atoms with Gasteiger partial charge in [-0.2, -0.15) is 0 Å². The zero-order chi connectivity index (χ0) is 14.8. The molecule has 0 unspecified atom stereocenters. The molecule has 0 fully saturated rings. The van der Waals surface area contributed by atoms with Gasteiger partial charge in [0.15, 0.2) is 5.82 Å². The number of hydrogen-bond donors (Lipinski definition) is 1. The highest BCUT2D eigenvalue weighted by molar-refractivity contribution is 5.67. The zero-order valence-electron chi connectivity index (χ0n) is 10.9. The van der Waals surface area contributed by atoms with Gasteiger partial charge in [0.05, 0.1) is 11.3 Å². The quantitative estimate of drug-likeness (QED) is 0.780. The molecule has 2 aromatic carbocycles. The van der Waals surface area contributed by atoms with E-state index >= 15 is 0 Å². The summed E-state index contributed by atoms with van der Waals surface area (Å²) in [6.45, 7) is 0. The minimum atomic E-state index is -0.456. The Hall–Kier alpha value is -2.82. The van der Waals surface area contributed by atoms with Crippen molar-refractivity contribution in [1.29, 1.82) is 0 Å². The van der Waals surface area contributed by atoms with Gasteiger partial charge in [0.25, 0.3) is 0 Å². The van der Waals surface area contributed by atoms with Crippen LogP contribution in [0.15, 0.2) is 54.6 Å². The Kier molecular flexibility index (Phi) is 3.31. The van der Waals surface area contributed by atoms with Gasteiger partial charge in [-0.25, -0.2) is 18.7 Å². The van der Waals surface area contributed by atoms with Crippen molar-refractivity contribution in [2.75, 3.05) is 5.73 Å². The SMILES string of the molecule is Nc1cc(-c2ccccc2F)nc(-c2ccccc2F)n1. The topological polar surface area (TPSA) is 51.8 Å². The highest BCUT2D eigenvalue weighted by atomic mass is 19.1. The van der Waals surface area contributed by atoms with Crippen LogP contribution in [-0.4, -0.2) is 9.97 Å². The molecule has 0 atom stereocenters. The fraction of sp³-hybridized carbons (Fsp3) is 0. The van der Waals surface area contributed by atoms with Gasteiger partial charge in [-0.05, 0) is 24.3 Å². The van der Waals surface area contributed by atoms with Gasteiger partial charge < -0.3 is 5.73 Å². The Balaban J connectivity index is 2.18. The highest BCUT2D eigenvalue weighted by Gasteiger charge is 2.12. The molecular formula is C16H11F2N3. The van der Waals surface area contributed by atoms with Crippen molar-refractivity contribution in [3.63, 3.8) is 0 Å². The van der Waals surface area contributed by atoms with Crippen LogP contribution in [0, 0.1) is 11.6 Å². The van der Waals surface area contributed by atoms with Gasteiger partial charge in [-0.1, -0.05) is 24.3 Å². The summed E-state index contributed by atoms with van der Waals surface area (Å²) in [5, 5.41) is 0. The van der Waals surface area contributed by atoms with Gasteiger partial charge in [0.1, 0.15) is 17.5 Å². The standard InChI is InChI=1S/C16H11F2N3/c17-12-7-3-1-5-10(12)14-9-15(19)21-16(20-14)11-6-2-4-8-13(11)18/h1-9H,(H2,19,20,21). The van der Waals surface area contributed by atoms with Crippen LogP contribution < -0.4 is 5.73 Å². The Morgan fingerprint density at radius 3 is 1.95 bits per heavy atom. The Morgan fingerprint density at radius 1 is 0.762 bits per heavy atom. The lowest BCUT2D eigenvalue weighted by Gasteiger charge is -2.07. The molecule has 0 spiro atoms. The fourth-order valence-electron chi connectivity index (χ4n) is 2.04. The first-order valence-corrected chi connectivity index (χ1v) is 6.29. The van der Waals surface area contributed by atoms with Crippen molar-refractivity contribution < 1.29 is 8.78 Å². The minimum Gasteiger partial charge on any atom is -0.384 e. The van der Waals surface area contributed by atoms with E-state index in [9.17, 15) is 8.78 Å². The first-order chi connectivity index (χ1) is 10.1. The van der Waals surface area contributed by atoms with Crippen molar-refractivity contribution in [1.82, 2.24) is 9.97 Å². The Morgan fingerprint density at radius 2 is 1.33 bits per heavy atom. The van der Waals surface area contributed by atoms with Crippen LogP contribution in [0.3, 0.4) is 0 Å². The van der Waals surface area contributed by atoms with E-state index < -0.39 is 11.6 Å². The molecular weight excluding hydrogens is 272 g/mol. The van der Waals surface area contributed by atoms with Crippen LogP contribution in [0.4, 0.5) is 14.6 Å². The van der Waals surface area contributed by atoms with Crippen molar-refractivity contribution in [3.8, 4) is 22.6 Å². The lowest BCUT2D eigenvalue weighted by Crippen LogP contribution is -2.00. The third kappa shape index (κ3) is 2.58. The number of anilines is 1. The number of nitrogen functional groups attached to an aromatic ring is 1. The summed E-state index contributed by atoms with van der Waals surface area (Å²) in [5.74, 6) is -0.592. The van der Waals surface area contributed by atoms with E-state index in [2.05, 4.69) is 9.97 Å². The maximum absolute atomic E-state index is 13.8. The van der Waals surface area contributed by atoms with Crippen molar-refractivity contribution in [3.05, 3.63) is 66.2 Å². The number of nitrogens with two attached hydrogens (primary N) is 1. The van der Waals surface area contributed by atoms with Gasteiger partial charge in [0, 0.05) is 11.6 Å². The second-order valence-corrected chi connectivity index (χ2v) is 4.46. The van der Waals surface area contributed by atoms with E-state index in [0.29, 0.717) is 11.3 Å². The average Bonchev–Trinajstić information content (AvgIpc) is 2.47. The smallest absolute Gasteiger partial charge is 0.165 e. The maximum atomic E-state index is 13.8. The molecule has 3 rings (SSSR count). The van der Waals surface area contributed by atoms with Crippen LogP contribution in [0.2, 0.25) is 0 Å². The molecule has 3 aromatic rings. The lowest BCUT2D eigenvalue weighted by atomic mass is 10.1. The van der Waals surface area contributed by atoms with Gasteiger partial charge in [-0.15, -0.1) is 0 Å². The third-order valence-electron chi connectivity index (χ3n) is 3.01. The van der Waals surface area contributed by atoms with Gasteiger partial charge in [-0.3, -0.25) is 0 Å². The van der Waals surface area contributed by atoms with Crippen LogP contribution in [0.5, 0.6) is 0 Å². The molecule has 0 amide bonds. The number of rotatable bonds is 2. The summed E-state index contributed by atoms with van der Waals surface area (Å²) in [7, 11) is 0. The minimum absolute atomic E-state index is 0.131. The molecule has 2 N–H and O–H groups in total. The number of halogens is 2. The molecule has 104 valence electrons. The third-order valence-corrected chi connectivity index (χ3v) is 3.01. The van der Waals surface area contributed by atoms with Crippen LogP contribution in [-0.2, 0) is 0 Å².